The summed E-state index contributed by atoms with van der Waals surface area (Å²) in [7, 11) is 0. The molecule has 52 valence electrons. The second-order valence-corrected chi connectivity index (χ2v) is 2.84. The van der Waals surface area contributed by atoms with Crippen molar-refractivity contribution in [3.05, 3.63) is 21.2 Å². The van der Waals surface area contributed by atoms with Gasteiger partial charge >= 0.3 is 0 Å². The molecule has 0 aliphatic heterocycles. The minimum atomic E-state index is 1.07. The van der Waals surface area contributed by atoms with Crippen LogP contribution in [0.1, 0.15) is 6.92 Å². The highest BCUT2D eigenvalue weighted by molar-refractivity contribution is 7.07. The molecule has 0 aliphatic carbocycles. The average Bonchev–Trinajstić information content (AvgIpc) is 2.31. The van der Waals surface area contributed by atoms with Crippen LogP contribution in [-0.2, 0) is 0 Å². The van der Waals surface area contributed by atoms with Gasteiger partial charge in [-0.15, -0.1) is 11.3 Å². The van der Waals surface area contributed by atoms with Gasteiger partial charge in [0.05, 0.1) is 0 Å². The maximum atomic E-state index is 3.99. The Morgan fingerprint density at radius 3 is 3.00 bits per heavy atom. The topological polar surface area (TPSA) is 12.4 Å². The summed E-state index contributed by atoms with van der Waals surface area (Å²) < 4.78 is 1.07. The van der Waals surface area contributed by atoms with E-state index in [1.165, 1.54) is 0 Å². The maximum Gasteiger partial charge on any atom is 0.0350 e. The third-order valence-electron chi connectivity index (χ3n) is 1.14. The average molecular weight is 151 g/mol. The second kappa shape index (κ2) is 3.32. The minimum Gasteiger partial charge on any atom is -0.269 e. The van der Waals surface area contributed by atoms with E-state index < -0.39 is 0 Å². The Morgan fingerprint density at radius 1 is 1.70 bits per heavy atom. The lowest BCUT2D eigenvalue weighted by Crippen LogP contribution is -2.14. The molecule has 0 bridgehead atoms. The first-order valence-corrected chi connectivity index (χ1v) is 3.93. The zero-order valence-electron chi connectivity index (χ0n) is 5.87. The summed E-state index contributed by atoms with van der Waals surface area (Å²) in [4.78, 5) is 3.99. The number of rotatable bonds is 1. The van der Waals surface area contributed by atoms with E-state index in [4.69, 9.17) is 0 Å². The van der Waals surface area contributed by atoms with E-state index in [1.807, 2.05) is 24.6 Å². The number of aliphatic imine (C=N–C) groups is 1. The molecule has 0 saturated carbocycles. The zero-order chi connectivity index (χ0) is 7.40. The highest BCUT2D eigenvalue weighted by Gasteiger charge is 1.79. The van der Waals surface area contributed by atoms with E-state index in [9.17, 15) is 0 Å². The quantitative estimate of drug-likeness (QED) is 0.531. The van der Waals surface area contributed by atoms with Crippen LogP contribution >= 0.6 is 11.3 Å². The Morgan fingerprint density at radius 2 is 2.50 bits per heavy atom. The summed E-state index contributed by atoms with van der Waals surface area (Å²) in [5.74, 6) is 0. The van der Waals surface area contributed by atoms with Crippen molar-refractivity contribution in [3.63, 3.8) is 0 Å². The van der Waals surface area contributed by atoms with Gasteiger partial charge in [0.25, 0.3) is 0 Å². The molecule has 0 radical (unpaired) electrons. The fraction of sp³-hybridized carbons (Fsp3) is 0.125. The fourth-order valence-electron chi connectivity index (χ4n) is 0.620. The van der Waals surface area contributed by atoms with Crippen LogP contribution in [0.5, 0.6) is 0 Å². The summed E-state index contributed by atoms with van der Waals surface area (Å²) >= 11 is 1.64. The smallest absolute Gasteiger partial charge is 0.0350 e. The first-order valence-electron chi connectivity index (χ1n) is 3.05. The Hall–Kier alpha value is -0.890. The number of thiophene rings is 1. The van der Waals surface area contributed by atoms with Crippen molar-refractivity contribution in [2.45, 2.75) is 6.92 Å². The molecule has 1 aromatic rings. The van der Waals surface area contributed by atoms with Crippen molar-refractivity contribution >= 4 is 30.3 Å². The lowest BCUT2D eigenvalue weighted by Gasteiger charge is -1.71. The molecule has 1 heterocycles. The third-order valence-corrected chi connectivity index (χ3v) is 1.93. The SMILES string of the molecule is C=c1scc/c1=C/N=CC. The van der Waals surface area contributed by atoms with Crippen molar-refractivity contribution in [2.24, 2.45) is 4.99 Å². The van der Waals surface area contributed by atoms with E-state index >= 15 is 0 Å². The Labute approximate surface area is 64.0 Å². The van der Waals surface area contributed by atoms with Crippen LogP contribution < -0.4 is 9.75 Å². The predicted molar refractivity (Wildman–Crippen MR) is 47.7 cm³/mol. The van der Waals surface area contributed by atoms with Gasteiger partial charge in [0.15, 0.2) is 0 Å². The molecular weight excluding hydrogens is 142 g/mol. The van der Waals surface area contributed by atoms with Gasteiger partial charge in [-0.05, 0) is 18.4 Å². The molecule has 0 aromatic carbocycles. The zero-order valence-corrected chi connectivity index (χ0v) is 6.69. The monoisotopic (exact) mass is 151 g/mol. The minimum absolute atomic E-state index is 1.07. The van der Waals surface area contributed by atoms with E-state index in [-0.39, 0.29) is 0 Å². The molecule has 1 rings (SSSR count). The molecule has 0 fully saturated rings. The second-order valence-electron chi connectivity index (χ2n) is 1.84. The van der Waals surface area contributed by atoms with E-state index in [0.717, 1.165) is 9.75 Å². The van der Waals surface area contributed by atoms with Crippen molar-refractivity contribution in [1.82, 2.24) is 0 Å². The summed E-state index contributed by atoms with van der Waals surface area (Å²) in [6, 6.07) is 2.01. The molecule has 1 aromatic heterocycles. The van der Waals surface area contributed by atoms with Crippen molar-refractivity contribution < 1.29 is 0 Å². The Kier molecular flexibility index (Phi) is 2.40. The molecule has 0 amide bonds. The van der Waals surface area contributed by atoms with Crippen LogP contribution in [0.3, 0.4) is 0 Å². The maximum absolute atomic E-state index is 3.99. The molecule has 0 spiro atoms. The van der Waals surface area contributed by atoms with Crippen molar-refractivity contribution in [1.29, 1.82) is 0 Å². The van der Waals surface area contributed by atoms with Crippen molar-refractivity contribution in [2.75, 3.05) is 0 Å². The first kappa shape index (κ1) is 7.22. The summed E-state index contributed by atoms with van der Waals surface area (Å²) in [6.07, 6.45) is 3.58. The number of hydrogen-bond donors (Lipinski definition) is 0. The van der Waals surface area contributed by atoms with Gasteiger partial charge in [-0.25, -0.2) is 0 Å². The van der Waals surface area contributed by atoms with Gasteiger partial charge in [-0.1, -0.05) is 6.58 Å². The highest BCUT2D eigenvalue weighted by atomic mass is 32.1. The van der Waals surface area contributed by atoms with Gasteiger partial charge in [-0.3, -0.25) is 4.99 Å². The lowest BCUT2D eigenvalue weighted by atomic mass is 10.5. The van der Waals surface area contributed by atoms with Gasteiger partial charge in [0, 0.05) is 22.2 Å². The largest absolute Gasteiger partial charge is 0.269 e. The van der Waals surface area contributed by atoms with E-state index in [0.29, 0.717) is 0 Å². The van der Waals surface area contributed by atoms with Gasteiger partial charge in [0.1, 0.15) is 0 Å². The predicted octanol–water partition coefficient (Wildman–Crippen LogP) is 0.987. The van der Waals surface area contributed by atoms with Gasteiger partial charge in [0.2, 0.25) is 0 Å². The molecular formula is C8H9NS. The molecule has 2 heteroatoms. The number of nitrogens with zero attached hydrogens (tertiary/aromatic N) is 1. The molecule has 0 atom stereocenters. The van der Waals surface area contributed by atoms with Gasteiger partial charge in [-0.2, -0.15) is 0 Å². The van der Waals surface area contributed by atoms with Crippen LogP contribution in [0, 0.1) is 0 Å². The van der Waals surface area contributed by atoms with Crippen LogP contribution in [0.15, 0.2) is 16.4 Å². The highest BCUT2D eigenvalue weighted by Crippen LogP contribution is 1.78. The molecule has 1 nitrogen and oxygen atoms in total. The third kappa shape index (κ3) is 1.54. The van der Waals surface area contributed by atoms with Crippen LogP contribution in [-0.4, -0.2) is 6.21 Å². The standard InChI is InChI=1S/C8H9NS/c1-3-9-6-8-4-5-10-7(8)2/h3-6H,2H2,1H3/b8-6-,9-3?. The molecule has 0 N–H and O–H groups in total. The molecule has 0 aliphatic rings. The van der Waals surface area contributed by atoms with Crippen LogP contribution in [0.25, 0.3) is 12.8 Å². The molecule has 0 unspecified atom stereocenters. The normalized spacial score (nSPS) is 13.1. The summed E-state index contributed by atoms with van der Waals surface area (Å²) in [5.41, 5.74) is 0. The summed E-state index contributed by atoms with van der Waals surface area (Å²) in [6.45, 7) is 5.74. The Balaban J connectivity index is 3.16. The lowest BCUT2D eigenvalue weighted by molar-refractivity contribution is 1.62. The molecule has 10 heavy (non-hydrogen) atoms. The Bertz CT molecular complexity index is 321. The first-order chi connectivity index (χ1) is 4.84. The molecule has 0 saturated heterocycles. The fourth-order valence-corrected chi connectivity index (χ4v) is 1.26. The van der Waals surface area contributed by atoms with E-state index in [1.54, 1.807) is 17.6 Å². The summed E-state index contributed by atoms with van der Waals surface area (Å²) in [5, 5.41) is 3.13. The number of hydrogen-bond acceptors (Lipinski definition) is 2. The van der Waals surface area contributed by atoms with Crippen molar-refractivity contribution in [3.8, 4) is 0 Å². The van der Waals surface area contributed by atoms with Crippen LogP contribution in [0.4, 0.5) is 0 Å². The van der Waals surface area contributed by atoms with Crippen LogP contribution in [0.2, 0.25) is 0 Å². The van der Waals surface area contributed by atoms with E-state index in [2.05, 4.69) is 11.6 Å². The van der Waals surface area contributed by atoms with Gasteiger partial charge < -0.3 is 0 Å².